The number of likely N-dealkylation sites (tertiary alicyclic amines) is 1. The van der Waals surface area contributed by atoms with Gasteiger partial charge in [0.25, 0.3) is 0 Å². The van der Waals surface area contributed by atoms with Crippen molar-refractivity contribution in [2.45, 2.75) is 31.8 Å². The molecule has 1 aromatic heterocycles. The van der Waals surface area contributed by atoms with Gasteiger partial charge in [0.05, 0.1) is 13.6 Å². The zero-order valence-corrected chi connectivity index (χ0v) is 10.3. The molecule has 6 nitrogen and oxygen atoms in total. The fraction of sp³-hybridized carbons (Fsp3) is 0.909. The van der Waals surface area contributed by atoms with Crippen LogP contribution >= 0.6 is 0 Å². The quantitative estimate of drug-likeness (QED) is 0.769. The number of aryl methyl sites for hydroxylation is 1. The minimum Gasteiger partial charge on any atom is -0.314 e. The van der Waals surface area contributed by atoms with Gasteiger partial charge in [-0.15, -0.1) is 10.2 Å². The van der Waals surface area contributed by atoms with Crippen LogP contribution in [0.15, 0.2) is 0 Å². The summed E-state index contributed by atoms with van der Waals surface area (Å²) in [5, 5.41) is 15.8. The molecule has 0 aromatic carbocycles. The Hall–Kier alpha value is -1.01. The average Bonchev–Trinajstić information content (AvgIpc) is 2.75. The van der Waals surface area contributed by atoms with Crippen LogP contribution in [0.4, 0.5) is 0 Å². The van der Waals surface area contributed by atoms with Gasteiger partial charge in [-0.25, -0.2) is 0 Å². The third kappa shape index (κ3) is 2.47. The lowest BCUT2D eigenvalue weighted by molar-refractivity contribution is 0.107. The molecule has 2 saturated heterocycles. The molecule has 1 N–H and O–H groups in total. The number of tetrazole rings is 1. The van der Waals surface area contributed by atoms with Crippen molar-refractivity contribution in [3.63, 3.8) is 0 Å². The Morgan fingerprint density at radius 3 is 3.18 bits per heavy atom. The maximum atomic E-state index is 4.25. The van der Waals surface area contributed by atoms with Gasteiger partial charge in [0.2, 0.25) is 0 Å². The first-order chi connectivity index (χ1) is 8.31. The molecule has 17 heavy (non-hydrogen) atoms. The van der Waals surface area contributed by atoms with Gasteiger partial charge in [-0.1, -0.05) is 0 Å². The summed E-state index contributed by atoms with van der Waals surface area (Å²) in [6.07, 6.45) is 3.94. The number of fused-ring (bicyclic) bond motifs is 1. The second kappa shape index (κ2) is 4.70. The van der Waals surface area contributed by atoms with E-state index < -0.39 is 0 Å². The van der Waals surface area contributed by atoms with E-state index in [1.165, 1.54) is 37.1 Å². The average molecular weight is 236 g/mol. The SMILES string of the molecule is Cn1nnc(CN2CCC3NCCCC3C2)n1. The van der Waals surface area contributed by atoms with Gasteiger partial charge >= 0.3 is 0 Å². The van der Waals surface area contributed by atoms with Crippen molar-refractivity contribution in [2.75, 3.05) is 19.6 Å². The molecular formula is C11H20N6. The van der Waals surface area contributed by atoms with Crippen molar-refractivity contribution in [3.8, 4) is 0 Å². The van der Waals surface area contributed by atoms with E-state index in [0.29, 0.717) is 0 Å². The molecule has 0 spiro atoms. The predicted molar refractivity (Wildman–Crippen MR) is 63.2 cm³/mol. The molecule has 0 bridgehead atoms. The van der Waals surface area contributed by atoms with Gasteiger partial charge in [0, 0.05) is 19.1 Å². The van der Waals surface area contributed by atoms with Crippen LogP contribution < -0.4 is 5.32 Å². The minimum atomic E-state index is 0.745. The van der Waals surface area contributed by atoms with Gasteiger partial charge in [-0.05, 0) is 36.9 Å². The lowest BCUT2D eigenvalue weighted by atomic mass is 9.85. The molecular weight excluding hydrogens is 216 g/mol. The summed E-state index contributed by atoms with van der Waals surface area (Å²) in [6, 6.07) is 0.745. The number of aromatic nitrogens is 4. The largest absolute Gasteiger partial charge is 0.314 e. The summed E-state index contributed by atoms with van der Waals surface area (Å²) in [5.41, 5.74) is 0. The van der Waals surface area contributed by atoms with Crippen molar-refractivity contribution < 1.29 is 0 Å². The normalized spacial score (nSPS) is 30.2. The third-order valence-electron chi connectivity index (χ3n) is 3.89. The smallest absolute Gasteiger partial charge is 0.188 e. The number of nitrogens with zero attached hydrogens (tertiary/aromatic N) is 5. The first-order valence-corrected chi connectivity index (χ1v) is 6.50. The second-order valence-corrected chi connectivity index (χ2v) is 5.18. The zero-order chi connectivity index (χ0) is 11.7. The van der Waals surface area contributed by atoms with Crippen LogP contribution in [0.5, 0.6) is 0 Å². The van der Waals surface area contributed by atoms with Gasteiger partial charge in [-0.2, -0.15) is 4.80 Å². The Bertz CT molecular complexity index is 376. The Kier molecular flexibility index (Phi) is 3.07. The van der Waals surface area contributed by atoms with Crippen molar-refractivity contribution >= 4 is 0 Å². The minimum absolute atomic E-state index is 0.745. The fourth-order valence-corrected chi connectivity index (χ4v) is 3.05. The van der Waals surface area contributed by atoms with Crippen LogP contribution in [-0.4, -0.2) is 50.8 Å². The molecule has 2 fully saturated rings. The maximum absolute atomic E-state index is 4.25. The summed E-state index contributed by atoms with van der Waals surface area (Å²) in [4.78, 5) is 4.00. The van der Waals surface area contributed by atoms with Crippen LogP contribution in [0, 0.1) is 5.92 Å². The van der Waals surface area contributed by atoms with E-state index in [1.54, 1.807) is 0 Å². The van der Waals surface area contributed by atoms with E-state index in [0.717, 1.165) is 30.9 Å². The highest BCUT2D eigenvalue weighted by Gasteiger charge is 2.31. The summed E-state index contributed by atoms with van der Waals surface area (Å²) in [5.74, 6) is 1.66. The molecule has 0 radical (unpaired) electrons. The van der Waals surface area contributed by atoms with Crippen LogP contribution in [0.2, 0.25) is 0 Å². The van der Waals surface area contributed by atoms with E-state index in [1.807, 2.05) is 7.05 Å². The van der Waals surface area contributed by atoms with Gasteiger partial charge in [0.1, 0.15) is 0 Å². The maximum Gasteiger partial charge on any atom is 0.188 e. The van der Waals surface area contributed by atoms with E-state index >= 15 is 0 Å². The first-order valence-electron chi connectivity index (χ1n) is 6.50. The summed E-state index contributed by atoms with van der Waals surface area (Å²) in [7, 11) is 1.81. The molecule has 2 aliphatic rings. The standard InChI is InChI=1S/C11H20N6/c1-16-14-11(13-15-16)8-17-6-4-10-9(7-17)3-2-5-12-10/h9-10,12H,2-8H2,1H3. The predicted octanol–water partition coefficient (Wildman–Crippen LogP) is -0.216. The van der Waals surface area contributed by atoms with Crippen molar-refractivity contribution in [1.29, 1.82) is 0 Å². The molecule has 0 saturated carbocycles. The summed E-state index contributed by atoms with van der Waals surface area (Å²) < 4.78 is 0. The van der Waals surface area contributed by atoms with Gasteiger partial charge in [0.15, 0.2) is 5.82 Å². The monoisotopic (exact) mass is 236 g/mol. The Morgan fingerprint density at radius 2 is 2.35 bits per heavy atom. The van der Waals surface area contributed by atoms with E-state index in [9.17, 15) is 0 Å². The van der Waals surface area contributed by atoms with Gasteiger partial charge < -0.3 is 5.32 Å². The summed E-state index contributed by atoms with van der Waals surface area (Å²) >= 11 is 0. The molecule has 0 aliphatic carbocycles. The highest BCUT2D eigenvalue weighted by molar-refractivity contribution is 4.89. The molecule has 2 unspecified atom stereocenters. The van der Waals surface area contributed by atoms with Gasteiger partial charge in [-0.3, -0.25) is 4.90 Å². The van der Waals surface area contributed by atoms with E-state index in [2.05, 4.69) is 25.6 Å². The number of nitrogens with one attached hydrogen (secondary N) is 1. The molecule has 94 valence electrons. The highest BCUT2D eigenvalue weighted by Crippen LogP contribution is 2.25. The van der Waals surface area contributed by atoms with Crippen LogP contribution in [0.3, 0.4) is 0 Å². The molecule has 6 heteroatoms. The molecule has 3 heterocycles. The summed E-state index contributed by atoms with van der Waals surface area (Å²) in [6.45, 7) is 4.37. The second-order valence-electron chi connectivity index (χ2n) is 5.18. The Labute approximate surface area is 101 Å². The molecule has 3 rings (SSSR count). The van der Waals surface area contributed by atoms with Crippen molar-refractivity contribution in [1.82, 2.24) is 30.4 Å². The zero-order valence-electron chi connectivity index (χ0n) is 10.3. The lowest BCUT2D eigenvalue weighted by Gasteiger charge is -2.41. The van der Waals surface area contributed by atoms with Crippen molar-refractivity contribution in [2.24, 2.45) is 13.0 Å². The molecule has 1 aromatic rings. The number of hydrogen-bond acceptors (Lipinski definition) is 5. The molecule has 2 atom stereocenters. The van der Waals surface area contributed by atoms with Crippen LogP contribution in [0.1, 0.15) is 25.1 Å². The number of hydrogen-bond donors (Lipinski definition) is 1. The van der Waals surface area contributed by atoms with Crippen LogP contribution in [-0.2, 0) is 13.6 Å². The number of piperidine rings is 2. The highest BCUT2D eigenvalue weighted by atomic mass is 15.6. The molecule has 0 amide bonds. The third-order valence-corrected chi connectivity index (χ3v) is 3.89. The van der Waals surface area contributed by atoms with Crippen molar-refractivity contribution in [3.05, 3.63) is 5.82 Å². The number of rotatable bonds is 2. The molecule has 2 aliphatic heterocycles. The first kappa shape index (κ1) is 11.1. The Balaban J connectivity index is 1.58. The topological polar surface area (TPSA) is 58.9 Å². The van der Waals surface area contributed by atoms with Crippen LogP contribution in [0.25, 0.3) is 0 Å². The fourth-order valence-electron chi connectivity index (χ4n) is 3.05. The van der Waals surface area contributed by atoms with E-state index in [-0.39, 0.29) is 0 Å². The lowest BCUT2D eigenvalue weighted by Crippen LogP contribution is -2.51. The Morgan fingerprint density at radius 1 is 1.41 bits per heavy atom. The van der Waals surface area contributed by atoms with E-state index in [4.69, 9.17) is 0 Å².